The normalized spacial score (nSPS) is 16.0. The average molecular weight is 302 g/mol. The predicted octanol–water partition coefficient (Wildman–Crippen LogP) is 2.40. The molecule has 2 N–H and O–H groups in total. The van der Waals surface area contributed by atoms with Crippen LogP contribution in [0.4, 0.5) is 5.95 Å². The van der Waals surface area contributed by atoms with Crippen molar-refractivity contribution in [3.05, 3.63) is 18.4 Å². The lowest BCUT2D eigenvalue weighted by Crippen LogP contribution is -2.06. The standard InChI is InChI=1S/C13H14N6OS/c14-11-16-13(21-8-4-1-2-5-8)17-12-15-10(18-19(11)12)9-6-3-7-20-9/h3,6-8H,1-2,4-5H2,(H2,14,15,16,17,18). The second kappa shape index (κ2) is 5.03. The first kappa shape index (κ1) is 12.6. The summed E-state index contributed by atoms with van der Waals surface area (Å²) in [5, 5.41) is 5.53. The molecule has 1 fully saturated rings. The molecule has 7 nitrogen and oxygen atoms in total. The van der Waals surface area contributed by atoms with Crippen LogP contribution in [-0.4, -0.2) is 29.8 Å². The third-order valence-electron chi connectivity index (χ3n) is 3.53. The number of hydrogen-bond donors (Lipinski definition) is 1. The third kappa shape index (κ3) is 2.35. The summed E-state index contributed by atoms with van der Waals surface area (Å²) >= 11 is 1.68. The van der Waals surface area contributed by atoms with Crippen molar-refractivity contribution in [2.75, 3.05) is 5.73 Å². The Morgan fingerprint density at radius 1 is 1.24 bits per heavy atom. The molecule has 3 aromatic rings. The van der Waals surface area contributed by atoms with Crippen LogP contribution in [0.5, 0.6) is 0 Å². The van der Waals surface area contributed by atoms with Gasteiger partial charge in [-0.2, -0.15) is 19.5 Å². The van der Waals surface area contributed by atoms with Crippen LogP contribution >= 0.6 is 11.8 Å². The van der Waals surface area contributed by atoms with E-state index in [1.807, 2.05) is 0 Å². The molecule has 0 aliphatic heterocycles. The molecule has 1 aliphatic carbocycles. The number of hydrogen-bond acceptors (Lipinski definition) is 7. The van der Waals surface area contributed by atoms with Gasteiger partial charge in [0, 0.05) is 5.25 Å². The molecular weight excluding hydrogens is 288 g/mol. The highest BCUT2D eigenvalue weighted by Crippen LogP contribution is 2.33. The molecule has 0 bridgehead atoms. The smallest absolute Gasteiger partial charge is 0.258 e. The van der Waals surface area contributed by atoms with E-state index in [4.69, 9.17) is 10.2 Å². The highest BCUT2D eigenvalue weighted by atomic mass is 32.2. The van der Waals surface area contributed by atoms with E-state index >= 15 is 0 Å². The van der Waals surface area contributed by atoms with Crippen molar-refractivity contribution in [3.8, 4) is 11.6 Å². The minimum atomic E-state index is 0.297. The van der Waals surface area contributed by atoms with Gasteiger partial charge in [0.2, 0.25) is 11.8 Å². The number of fused-ring (bicyclic) bond motifs is 1. The molecule has 3 aromatic heterocycles. The molecular formula is C13H14N6OS. The Balaban J connectivity index is 1.71. The van der Waals surface area contributed by atoms with Crippen LogP contribution in [0.3, 0.4) is 0 Å². The fourth-order valence-corrected chi connectivity index (χ4v) is 3.65. The lowest BCUT2D eigenvalue weighted by Gasteiger charge is -2.07. The largest absolute Gasteiger partial charge is 0.461 e. The number of nitrogen functional groups attached to an aromatic ring is 1. The lowest BCUT2D eigenvalue weighted by molar-refractivity contribution is 0.577. The van der Waals surface area contributed by atoms with E-state index in [1.165, 1.54) is 30.2 Å². The van der Waals surface area contributed by atoms with Crippen molar-refractivity contribution in [1.82, 2.24) is 24.6 Å². The fraction of sp³-hybridized carbons (Fsp3) is 0.385. The van der Waals surface area contributed by atoms with Gasteiger partial charge in [0.1, 0.15) is 0 Å². The van der Waals surface area contributed by atoms with Gasteiger partial charge in [0.15, 0.2) is 10.9 Å². The maximum Gasteiger partial charge on any atom is 0.258 e. The monoisotopic (exact) mass is 302 g/mol. The van der Waals surface area contributed by atoms with Crippen molar-refractivity contribution in [2.24, 2.45) is 0 Å². The third-order valence-corrected chi connectivity index (χ3v) is 4.73. The van der Waals surface area contributed by atoms with Gasteiger partial charge >= 0.3 is 0 Å². The Morgan fingerprint density at radius 3 is 2.86 bits per heavy atom. The highest BCUT2D eigenvalue weighted by molar-refractivity contribution is 7.99. The summed E-state index contributed by atoms with van der Waals surface area (Å²) < 4.78 is 6.74. The first-order valence-electron chi connectivity index (χ1n) is 6.90. The number of rotatable bonds is 3. The van der Waals surface area contributed by atoms with Crippen molar-refractivity contribution in [1.29, 1.82) is 0 Å². The van der Waals surface area contributed by atoms with E-state index in [2.05, 4.69) is 20.1 Å². The van der Waals surface area contributed by atoms with Gasteiger partial charge in [-0.15, -0.1) is 5.10 Å². The molecule has 0 unspecified atom stereocenters. The van der Waals surface area contributed by atoms with Gasteiger partial charge in [0.05, 0.1) is 6.26 Å². The molecule has 0 spiro atoms. The number of aromatic nitrogens is 5. The van der Waals surface area contributed by atoms with Crippen molar-refractivity contribution >= 4 is 23.5 Å². The maximum atomic E-state index is 5.96. The summed E-state index contributed by atoms with van der Waals surface area (Å²) in [6.45, 7) is 0. The van der Waals surface area contributed by atoms with Crippen LogP contribution in [-0.2, 0) is 0 Å². The predicted molar refractivity (Wildman–Crippen MR) is 78.8 cm³/mol. The topological polar surface area (TPSA) is 95.1 Å². The zero-order chi connectivity index (χ0) is 14.2. The van der Waals surface area contributed by atoms with Crippen LogP contribution in [0.1, 0.15) is 25.7 Å². The summed E-state index contributed by atoms with van der Waals surface area (Å²) in [4.78, 5) is 13.1. The molecule has 1 aliphatic rings. The molecule has 0 atom stereocenters. The van der Waals surface area contributed by atoms with E-state index in [0.717, 1.165) is 0 Å². The maximum absolute atomic E-state index is 5.96. The quantitative estimate of drug-likeness (QED) is 0.793. The van der Waals surface area contributed by atoms with Gasteiger partial charge in [-0.05, 0) is 25.0 Å². The summed E-state index contributed by atoms with van der Waals surface area (Å²) in [5.74, 6) is 1.80. The van der Waals surface area contributed by atoms with Gasteiger partial charge in [-0.1, -0.05) is 24.6 Å². The van der Waals surface area contributed by atoms with Gasteiger partial charge in [-0.25, -0.2) is 0 Å². The summed E-state index contributed by atoms with van der Waals surface area (Å²) in [5.41, 5.74) is 5.96. The lowest BCUT2D eigenvalue weighted by atomic mass is 10.4. The molecule has 0 aromatic carbocycles. The van der Waals surface area contributed by atoms with Gasteiger partial charge in [0.25, 0.3) is 5.78 Å². The summed E-state index contributed by atoms with van der Waals surface area (Å²) in [6, 6.07) is 3.59. The number of thioether (sulfide) groups is 1. The van der Waals surface area contributed by atoms with Gasteiger partial charge in [-0.3, -0.25) is 0 Å². The Bertz CT molecular complexity index is 762. The molecule has 0 saturated heterocycles. The molecule has 8 heteroatoms. The molecule has 4 rings (SSSR count). The van der Waals surface area contributed by atoms with E-state index in [-0.39, 0.29) is 0 Å². The van der Waals surface area contributed by atoms with Crippen molar-refractivity contribution in [3.63, 3.8) is 0 Å². The van der Waals surface area contributed by atoms with Crippen LogP contribution in [0.25, 0.3) is 17.4 Å². The first-order valence-corrected chi connectivity index (χ1v) is 7.78. The number of furan rings is 1. The van der Waals surface area contributed by atoms with E-state index in [9.17, 15) is 0 Å². The molecule has 1 saturated carbocycles. The van der Waals surface area contributed by atoms with Gasteiger partial charge < -0.3 is 10.2 Å². The van der Waals surface area contributed by atoms with Crippen LogP contribution < -0.4 is 5.73 Å². The Kier molecular flexibility index (Phi) is 3.03. The van der Waals surface area contributed by atoms with Crippen molar-refractivity contribution < 1.29 is 4.42 Å². The highest BCUT2D eigenvalue weighted by Gasteiger charge is 2.19. The molecule has 3 heterocycles. The first-order chi connectivity index (χ1) is 10.3. The van der Waals surface area contributed by atoms with Crippen LogP contribution in [0, 0.1) is 0 Å². The Morgan fingerprint density at radius 2 is 2.10 bits per heavy atom. The summed E-state index contributed by atoms with van der Waals surface area (Å²) in [6.07, 6.45) is 6.57. The van der Waals surface area contributed by atoms with Crippen molar-refractivity contribution in [2.45, 2.75) is 36.1 Å². The SMILES string of the molecule is Nc1nc(SC2CCCC2)nc2nc(-c3ccco3)nn12. The van der Waals surface area contributed by atoms with Crippen LogP contribution in [0.15, 0.2) is 28.0 Å². The summed E-state index contributed by atoms with van der Waals surface area (Å²) in [7, 11) is 0. The average Bonchev–Trinajstić information content (AvgIpc) is 3.19. The number of nitrogens with two attached hydrogens (primary N) is 1. The second-order valence-electron chi connectivity index (χ2n) is 5.01. The number of nitrogens with zero attached hydrogens (tertiary/aromatic N) is 5. The Hall–Kier alpha value is -2.09. The van der Waals surface area contributed by atoms with E-state index in [0.29, 0.717) is 33.7 Å². The second-order valence-corrected chi connectivity index (χ2v) is 6.28. The Labute approximate surface area is 125 Å². The number of anilines is 1. The molecule has 0 radical (unpaired) electrons. The minimum absolute atomic E-state index is 0.297. The van der Waals surface area contributed by atoms with Crippen LogP contribution in [0.2, 0.25) is 0 Å². The zero-order valence-electron chi connectivity index (χ0n) is 11.3. The molecule has 0 amide bonds. The van der Waals surface area contributed by atoms with E-state index < -0.39 is 0 Å². The molecule has 21 heavy (non-hydrogen) atoms. The molecule has 108 valence electrons. The minimum Gasteiger partial charge on any atom is -0.461 e. The van der Waals surface area contributed by atoms with E-state index in [1.54, 1.807) is 30.2 Å². The zero-order valence-corrected chi connectivity index (χ0v) is 12.1. The fourth-order valence-electron chi connectivity index (χ4n) is 2.50.